The molecule has 0 saturated heterocycles. The van der Waals surface area contributed by atoms with Crippen molar-refractivity contribution in [2.24, 2.45) is 35.5 Å². The summed E-state index contributed by atoms with van der Waals surface area (Å²) in [6, 6.07) is 0. The van der Waals surface area contributed by atoms with Crippen LogP contribution in [0.5, 0.6) is 0 Å². The maximum atomic E-state index is 11.7. The Bertz CT molecular complexity index is 409. The number of carbonyl (C=O) groups excluding carboxylic acids is 2. The Morgan fingerprint density at radius 3 is 1.46 bits per heavy atom. The van der Waals surface area contributed by atoms with Crippen LogP contribution in [0, 0.1) is 35.5 Å². The number of esters is 1. The normalized spacial score (nSPS) is 40.7. The predicted octanol–water partition coefficient (Wildman–Crippen LogP) is 4.78. The molecule has 0 unspecified atom stereocenters. The van der Waals surface area contributed by atoms with Gasteiger partial charge >= 0.3 is 5.97 Å². The van der Waals surface area contributed by atoms with Crippen molar-refractivity contribution in [2.75, 3.05) is 7.11 Å². The molecule has 0 N–H and O–H groups in total. The van der Waals surface area contributed by atoms with E-state index in [9.17, 15) is 9.59 Å². The quantitative estimate of drug-likeness (QED) is 0.549. The number of ether oxygens (including phenoxy) is 1. The van der Waals surface area contributed by atoms with Crippen LogP contribution in [0.1, 0.15) is 77.0 Å². The first kappa shape index (κ1) is 17.9. The van der Waals surface area contributed by atoms with Crippen LogP contribution in [0.3, 0.4) is 0 Å². The summed E-state index contributed by atoms with van der Waals surface area (Å²) >= 11 is 0. The lowest BCUT2D eigenvalue weighted by molar-refractivity contribution is -0.147. The summed E-state index contributed by atoms with van der Waals surface area (Å²) in [5.41, 5.74) is 0. The fraction of sp³-hybridized carbons (Fsp3) is 0.905. The summed E-state index contributed by atoms with van der Waals surface area (Å²) in [7, 11) is 1.51. The molecule has 0 heterocycles. The van der Waals surface area contributed by atoms with Gasteiger partial charge in [-0.1, -0.05) is 0 Å². The van der Waals surface area contributed by atoms with E-state index >= 15 is 0 Å². The second kappa shape index (κ2) is 8.49. The van der Waals surface area contributed by atoms with Gasteiger partial charge in [0.1, 0.15) is 6.29 Å². The summed E-state index contributed by atoms with van der Waals surface area (Å²) in [6.45, 7) is 0. The highest BCUT2D eigenvalue weighted by Crippen LogP contribution is 2.45. The molecule has 0 radical (unpaired) electrons. The molecule has 0 aromatic carbocycles. The molecule has 3 rings (SSSR count). The van der Waals surface area contributed by atoms with Crippen LogP contribution < -0.4 is 0 Å². The number of hydrogen-bond acceptors (Lipinski definition) is 3. The third-order valence-corrected chi connectivity index (χ3v) is 7.47. The Hall–Kier alpha value is -0.860. The first-order valence-corrected chi connectivity index (χ1v) is 10.2. The smallest absolute Gasteiger partial charge is 0.308 e. The van der Waals surface area contributed by atoms with E-state index in [1.807, 2.05) is 0 Å². The van der Waals surface area contributed by atoms with Gasteiger partial charge in [0, 0.05) is 5.92 Å². The zero-order valence-corrected chi connectivity index (χ0v) is 15.3. The predicted molar refractivity (Wildman–Crippen MR) is 94.4 cm³/mol. The van der Waals surface area contributed by atoms with E-state index in [4.69, 9.17) is 4.74 Å². The van der Waals surface area contributed by atoms with Gasteiger partial charge in [0.15, 0.2) is 0 Å². The van der Waals surface area contributed by atoms with Crippen molar-refractivity contribution in [2.45, 2.75) is 77.0 Å². The average Bonchev–Trinajstić information content (AvgIpc) is 2.68. The molecule has 0 atom stereocenters. The number of methoxy groups -OCH3 is 1. The lowest BCUT2D eigenvalue weighted by Gasteiger charge is -2.40. The van der Waals surface area contributed by atoms with Crippen molar-refractivity contribution in [1.29, 1.82) is 0 Å². The summed E-state index contributed by atoms with van der Waals surface area (Å²) in [5, 5.41) is 0. The average molecular weight is 335 g/mol. The van der Waals surface area contributed by atoms with E-state index in [1.165, 1.54) is 64.8 Å². The minimum atomic E-state index is 0.00286. The minimum absolute atomic E-state index is 0.00286. The first-order valence-electron chi connectivity index (χ1n) is 10.2. The van der Waals surface area contributed by atoms with Crippen LogP contribution in [0.2, 0.25) is 0 Å². The third kappa shape index (κ3) is 4.21. The molecule has 0 aromatic heterocycles. The summed E-state index contributed by atoms with van der Waals surface area (Å²) in [4.78, 5) is 22.6. The van der Waals surface area contributed by atoms with Gasteiger partial charge in [0.2, 0.25) is 0 Å². The molecule has 24 heavy (non-hydrogen) atoms. The van der Waals surface area contributed by atoms with Crippen LogP contribution in [0.25, 0.3) is 0 Å². The van der Waals surface area contributed by atoms with E-state index < -0.39 is 0 Å². The second-order valence-corrected chi connectivity index (χ2v) is 8.62. The molecule has 0 amide bonds. The number of aldehydes is 1. The van der Waals surface area contributed by atoms with Crippen molar-refractivity contribution < 1.29 is 14.3 Å². The van der Waals surface area contributed by atoms with Crippen LogP contribution in [0.4, 0.5) is 0 Å². The molecule has 0 aromatic rings. The highest BCUT2D eigenvalue weighted by Gasteiger charge is 2.35. The zero-order valence-electron chi connectivity index (χ0n) is 15.3. The van der Waals surface area contributed by atoms with E-state index in [0.717, 1.165) is 49.4 Å². The van der Waals surface area contributed by atoms with Crippen LogP contribution >= 0.6 is 0 Å². The van der Waals surface area contributed by atoms with Crippen LogP contribution in [-0.4, -0.2) is 19.4 Å². The van der Waals surface area contributed by atoms with Gasteiger partial charge in [-0.05, 0) is 101 Å². The molecule has 0 spiro atoms. The van der Waals surface area contributed by atoms with Crippen LogP contribution in [0.15, 0.2) is 0 Å². The van der Waals surface area contributed by atoms with E-state index in [0.29, 0.717) is 5.92 Å². The van der Waals surface area contributed by atoms with Gasteiger partial charge in [0.25, 0.3) is 0 Å². The van der Waals surface area contributed by atoms with Gasteiger partial charge in [-0.25, -0.2) is 0 Å². The van der Waals surface area contributed by atoms with Crippen molar-refractivity contribution in [3.63, 3.8) is 0 Å². The molecule has 3 fully saturated rings. The minimum Gasteiger partial charge on any atom is -0.469 e. The highest BCUT2D eigenvalue weighted by molar-refractivity contribution is 5.72. The molecule has 136 valence electrons. The maximum absolute atomic E-state index is 11.7. The Morgan fingerprint density at radius 2 is 1.08 bits per heavy atom. The van der Waals surface area contributed by atoms with Gasteiger partial charge < -0.3 is 9.53 Å². The van der Waals surface area contributed by atoms with Crippen LogP contribution in [-0.2, 0) is 14.3 Å². The summed E-state index contributed by atoms with van der Waals surface area (Å²) < 4.78 is 4.91. The Kier molecular flexibility index (Phi) is 6.35. The Labute approximate surface area is 146 Å². The fourth-order valence-corrected chi connectivity index (χ4v) is 5.83. The summed E-state index contributed by atoms with van der Waals surface area (Å²) in [5.74, 6) is 4.06. The van der Waals surface area contributed by atoms with Gasteiger partial charge in [-0.2, -0.15) is 0 Å². The maximum Gasteiger partial charge on any atom is 0.308 e. The Morgan fingerprint density at radius 1 is 0.708 bits per heavy atom. The molecule has 3 aliphatic rings. The van der Waals surface area contributed by atoms with Crippen molar-refractivity contribution >= 4 is 12.3 Å². The molecule has 3 saturated carbocycles. The molecular formula is C21H34O3. The largest absolute Gasteiger partial charge is 0.469 e. The van der Waals surface area contributed by atoms with E-state index in [1.54, 1.807) is 0 Å². The zero-order chi connectivity index (χ0) is 16.9. The SMILES string of the molecule is COC(=O)[C@H]1CC[C@H](C2CCC([C@H]3CC[C@H](C=O)CC3)CC2)CC1. The van der Waals surface area contributed by atoms with Crippen molar-refractivity contribution in [1.82, 2.24) is 0 Å². The lowest BCUT2D eigenvalue weighted by Crippen LogP contribution is -2.31. The number of carbonyl (C=O) groups is 2. The molecular weight excluding hydrogens is 300 g/mol. The molecule has 0 aliphatic heterocycles. The third-order valence-electron chi connectivity index (χ3n) is 7.47. The van der Waals surface area contributed by atoms with Gasteiger partial charge in [-0.15, -0.1) is 0 Å². The van der Waals surface area contributed by atoms with Gasteiger partial charge in [0.05, 0.1) is 13.0 Å². The standard InChI is InChI=1S/C21H34O3/c1-24-21(23)20-12-10-19(11-13-20)18-8-6-17(7-9-18)16-4-2-15(14-22)3-5-16/h14-20H,2-13H2,1H3/t15-,16-,17?,18?,19-,20-. The highest BCUT2D eigenvalue weighted by atomic mass is 16.5. The Balaban J connectivity index is 1.40. The molecule has 3 aliphatic carbocycles. The summed E-state index contributed by atoms with van der Waals surface area (Å²) in [6.07, 6.45) is 16.1. The lowest BCUT2D eigenvalue weighted by atomic mass is 9.65. The number of hydrogen-bond donors (Lipinski definition) is 0. The van der Waals surface area contributed by atoms with Crippen molar-refractivity contribution in [3.8, 4) is 0 Å². The number of rotatable bonds is 4. The van der Waals surface area contributed by atoms with E-state index in [-0.39, 0.29) is 11.9 Å². The van der Waals surface area contributed by atoms with Gasteiger partial charge in [-0.3, -0.25) is 4.79 Å². The molecule has 3 heteroatoms. The topological polar surface area (TPSA) is 43.4 Å². The second-order valence-electron chi connectivity index (χ2n) is 8.62. The molecule has 3 nitrogen and oxygen atoms in total. The van der Waals surface area contributed by atoms with E-state index in [2.05, 4.69) is 0 Å². The fourth-order valence-electron chi connectivity index (χ4n) is 5.83. The van der Waals surface area contributed by atoms with Crippen molar-refractivity contribution in [3.05, 3.63) is 0 Å². The monoisotopic (exact) mass is 334 g/mol. The molecule has 0 bridgehead atoms. The first-order chi connectivity index (χ1) is 11.7.